The van der Waals surface area contributed by atoms with Crippen molar-refractivity contribution in [2.24, 2.45) is 0 Å². The zero-order chi connectivity index (χ0) is 4.71. The third kappa shape index (κ3) is 25.0. The number of rotatable bonds is 0. The van der Waals surface area contributed by atoms with E-state index in [-0.39, 0.29) is 19.4 Å². The van der Waals surface area contributed by atoms with E-state index >= 15 is 0 Å². The first-order valence-corrected chi connectivity index (χ1v) is 19.3. The maximum Gasteiger partial charge on any atom is -0.0564 e. The summed E-state index contributed by atoms with van der Waals surface area (Å²) < 4.78 is 0. The Morgan fingerprint density at radius 3 is 1.40 bits per heavy atom. The minimum Gasteiger partial charge on any atom is -0.0654 e. The van der Waals surface area contributed by atoms with Crippen LogP contribution in [0.3, 0.4) is 0 Å². The van der Waals surface area contributed by atoms with Crippen LogP contribution in [0.4, 0.5) is 0 Å². The first-order chi connectivity index (χ1) is 2.41. The van der Waals surface area contributed by atoms with Crippen molar-refractivity contribution in [3.05, 3.63) is 6.92 Å². The van der Waals surface area contributed by atoms with E-state index in [2.05, 4.69) is 30.9 Å². The molecule has 0 heterocycles. The van der Waals surface area contributed by atoms with Gasteiger partial charge in [-0.25, -0.2) is 0 Å². The zero-order valence-corrected chi connectivity index (χ0v) is 10.4. The van der Waals surface area contributed by atoms with Gasteiger partial charge in [-0.05, 0) is 0 Å². The van der Waals surface area contributed by atoms with Crippen LogP contribution in [0.25, 0.3) is 0 Å². The van der Waals surface area contributed by atoms with E-state index in [1.54, 1.807) is 6.92 Å². The van der Waals surface area contributed by atoms with E-state index in [1.807, 2.05) is 0 Å². The molecule has 1 radical (unpaired) electrons. The van der Waals surface area contributed by atoms with Crippen molar-refractivity contribution >= 4 is 24.0 Å². The van der Waals surface area contributed by atoms with E-state index in [0.29, 0.717) is 0 Å². The Morgan fingerprint density at radius 2 is 1.40 bits per heavy atom. The summed E-state index contributed by atoms with van der Waals surface area (Å²) in [5.41, 5.74) is 0. The normalized spacial score (nSPS) is 3.20. The Bertz CT molecular complexity index is 7.61. The molecule has 0 saturated carbocycles. The van der Waals surface area contributed by atoms with E-state index < -0.39 is 0 Å². The largest absolute Gasteiger partial charge is 0.0654 e. The van der Waals surface area contributed by atoms with Gasteiger partial charge in [-0.3, -0.25) is 0 Å². The molecule has 0 aliphatic rings. The Balaban J connectivity index is 0. The molecule has 0 aliphatic carbocycles. The molecule has 0 fully saturated rings. The van der Waals surface area contributed by atoms with Gasteiger partial charge < -0.3 is 0 Å². The maximum absolute atomic E-state index is 3.27. The Labute approximate surface area is 56.5 Å². The molecule has 0 saturated heterocycles. The Kier molecular flexibility index (Phi) is 33.7. The van der Waals surface area contributed by atoms with E-state index in [1.165, 1.54) is 0 Å². The second kappa shape index (κ2) is 16.9. The first-order valence-electron chi connectivity index (χ1n) is 1.24. The molecular weight excluding hydrogens is 296 g/mol. The topological polar surface area (TPSA) is 0 Å². The molecule has 0 nitrogen and oxygen atoms in total. The van der Waals surface area contributed by atoms with E-state index in [4.69, 9.17) is 0 Å². The van der Waals surface area contributed by atoms with E-state index in [9.17, 15) is 0 Å². The van der Waals surface area contributed by atoms with Crippen molar-refractivity contribution < 1.29 is 19.4 Å². The third-order valence-corrected chi connectivity index (χ3v) is 0. The molecule has 0 spiro atoms. The molecular formula is C2H5Br2Cd. The molecule has 0 atom stereocenters. The van der Waals surface area contributed by atoms with Crippen molar-refractivity contribution in [1.82, 2.24) is 0 Å². The average molecular weight is 301 g/mol. The monoisotopic (exact) mass is 301 g/mol. The van der Waals surface area contributed by atoms with Crippen molar-refractivity contribution in [2.75, 3.05) is 0 Å². The van der Waals surface area contributed by atoms with Gasteiger partial charge in [-0.2, -0.15) is 0 Å². The summed E-state index contributed by atoms with van der Waals surface area (Å²) in [6.45, 7) is 5.00. The van der Waals surface area contributed by atoms with Gasteiger partial charge >= 0.3 is 43.4 Å². The average Bonchev–Trinajstić information content (AvgIpc) is 1.46. The molecule has 0 rings (SSSR count). The van der Waals surface area contributed by atoms with Gasteiger partial charge in [0.25, 0.3) is 0 Å². The molecule has 5 heavy (non-hydrogen) atoms. The van der Waals surface area contributed by atoms with Crippen LogP contribution in [0.15, 0.2) is 0 Å². The Hall–Kier alpha value is 1.88. The molecule has 0 N–H and O–H groups in total. The predicted octanol–water partition coefficient (Wildman–Crippen LogP) is 2.53. The number of halogens is 2. The molecule has 0 amide bonds. The van der Waals surface area contributed by atoms with Crippen molar-refractivity contribution in [1.29, 1.82) is 0 Å². The van der Waals surface area contributed by atoms with Crippen LogP contribution < -0.4 is 0 Å². The quantitative estimate of drug-likeness (QED) is 0.603. The van der Waals surface area contributed by atoms with Crippen molar-refractivity contribution in [3.63, 3.8) is 0 Å². The van der Waals surface area contributed by atoms with Gasteiger partial charge in [0.1, 0.15) is 0 Å². The van der Waals surface area contributed by atoms with Gasteiger partial charge in [0.2, 0.25) is 0 Å². The number of hydrogen-bond donors (Lipinski definition) is 0. The fourth-order valence-corrected chi connectivity index (χ4v) is 0. The Morgan fingerprint density at radius 1 is 1.40 bits per heavy atom. The molecule has 3 heteroatoms. The van der Waals surface area contributed by atoms with Crippen LogP contribution in [-0.2, 0) is 19.4 Å². The minimum absolute atomic E-state index is 0.385. The molecule has 0 bridgehead atoms. The molecule has 0 aromatic carbocycles. The van der Waals surface area contributed by atoms with Crippen LogP contribution in [0, 0.1) is 6.92 Å². The first kappa shape index (κ1) is 9.99. The third-order valence-electron chi connectivity index (χ3n) is 0. The fraction of sp³-hybridized carbons (Fsp3) is 0.500. The zero-order valence-electron chi connectivity index (χ0n) is 3.17. The molecule has 0 unspecified atom stereocenters. The fourth-order valence-electron chi connectivity index (χ4n) is 0. The van der Waals surface area contributed by atoms with E-state index in [0.717, 1.165) is 0 Å². The van der Waals surface area contributed by atoms with Gasteiger partial charge in [-0.1, -0.05) is 13.8 Å². The predicted molar refractivity (Wildman–Crippen MR) is 28.9 cm³/mol. The van der Waals surface area contributed by atoms with Gasteiger partial charge in [0.15, 0.2) is 0 Å². The maximum atomic E-state index is 3.27. The smallest absolute Gasteiger partial charge is 0.0564 e. The molecule has 0 aromatic rings. The van der Waals surface area contributed by atoms with Gasteiger partial charge in [0.05, 0.1) is 0 Å². The second-order valence-electron chi connectivity index (χ2n) is 0.101. The minimum atomic E-state index is -0.385. The van der Waals surface area contributed by atoms with Gasteiger partial charge in [0, 0.05) is 0 Å². The van der Waals surface area contributed by atoms with Crippen LogP contribution in [-0.4, -0.2) is 0 Å². The molecule has 29 valence electrons. The number of hydrogen-bond acceptors (Lipinski definition) is 0. The van der Waals surface area contributed by atoms with Crippen molar-refractivity contribution in [3.8, 4) is 0 Å². The molecule has 0 aromatic heterocycles. The van der Waals surface area contributed by atoms with Crippen LogP contribution in [0.5, 0.6) is 0 Å². The van der Waals surface area contributed by atoms with Crippen LogP contribution in [0.2, 0.25) is 0 Å². The molecule has 0 aliphatic heterocycles. The standard InChI is InChI=1S/C2H5.2BrH.Cd/c1-2;;;/h1H2,2H3;2*1H;/q;;;+2/p-2. The second-order valence-corrected chi connectivity index (χ2v) is 18.3. The van der Waals surface area contributed by atoms with Crippen molar-refractivity contribution in [2.45, 2.75) is 6.92 Å². The van der Waals surface area contributed by atoms with Crippen LogP contribution >= 0.6 is 24.0 Å². The summed E-state index contributed by atoms with van der Waals surface area (Å²) in [5, 5.41) is 0. The summed E-state index contributed by atoms with van der Waals surface area (Å²) in [5.74, 6) is 0. The summed E-state index contributed by atoms with van der Waals surface area (Å²) in [7, 11) is 0. The van der Waals surface area contributed by atoms with Gasteiger partial charge in [-0.15, -0.1) is 0 Å². The van der Waals surface area contributed by atoms with Crippen LogP contribution in [0.1, 0.15) is 6.92 Å². The SMILES string of the molecule is [Br][Cd][Br].[CH2]C. The summed E-state index contributed by atoms with van der Waals surface area (Å²) in [6.07, 6.45) is 0. The summed E-state index contributed by atoms with van der Waals surface area (Å²) in [6, 6.07) is 0. The summed E-state index contributed by atoms with van der Waals surface area (Å²) >= 11 is 6.16. The summed E-state index contributed by atoms with van der Waals surface area (Å²) in [4.78, 5) is 0.